The summed E-state index contributed by atoms with van der Waals surface area (Å²) in [6.07, 6.45) is 4.02. The maximum absolute atomic E-state index is 13.3. The second-order valence-electron chi connectivity index (χ2n) is 11.7. The molecule has 0 spiro atoms. The molecule has 0 N–H and O–H groups in total. The first-order valence-corrected chi connectivity index (χ1v) is 14.1. The smallest absolute Gasteiger partial charge is 0.368 e. The number of hydrogen-bond donors (Lipinski definition) is 0. The van der Waals surface area contributed by atoms with Crippen LogP contribution in [0.1, 0.15) is 80.1 Å². The summed E-state index contributed by atoms with van der Waals surface area (Å²) in [4.78, 5) is 42.9. The van der Waals surface area contributed by atoms with E-state index < -0.39 is 12.1 Å². The lowest BCUT2D eigenvalue weighted by molar-refractivity contribution is -0.215. The number of hydrogen-bond acceptors (Lipinski definition) is 5. The van der Waals surface area contributed by atoms with Crippen molar-refractivity contribution < 1.29 is 27.6 Å². The van der Waals surface area contributed by atoms with E-state index in [-0.39, 0.29) is 62.3 Å². The highest BCUT2D eigenvalue weighted by atomic mass is 19.4. The summed E-state index contributed by atoms with van der Waals surface area (Å²) >= 11 is 0. The van der Waals surface area contributed by atoms with Gasteiger partial charge in [0, 0.05) is 61.4 Å². The van der Waals surface area contributed by atoms with E-state index in [1.54, 1.807) is 6.07 Å². The largest absolute Gasteiger partial charge is 0.394 e. The van der Waals surface area contributed by atoms with Crippen molar-refractivity contribution in [2.45, 2.75) is 89.0 Å². The number of carbonyl (C=O) groups excluding carboxylic acids is 3. The Morgan fingerprint density at radius 2 is 1.61 bits per heavy atom. The van der Waals surface area contributed by atoms with Crippen LogP contribution in [0.3, 0.4) is 0 Å². The van der Waals surface area contributed by atoms with Gasteiger partial charge in [-0.05, 0) is 56.6 Å². The molecule has 0 unspecified atom stereocenters. The number of rotatable bonds is 7. The van der Waals surface area contributed by atoms with Crippen molar-refractivity contribution in [2.24, 2.45) is 11.8 Å². The van der Waals surface area contributed by atoms with Crippen LogP contribution in [0.2, 0.25) is 0 Å². The fraction of sp³-hybridized carbons (Fsp3) is 0.679. The Labute approximate surface area is 220 Å². The van der Waals surface area contributed by atoms with Gasteiger partial charge < -0.3 is 4.90 Å². The van der Waals surface area contributed by atoms with Crippen LogP contribution in [0, 0.1) is 11.8 Å². The van der Waals surface area contributed by atoms with Crippen molar-refractivity contribution in [1.29, 1.82) is 0 Å². The number of halogens is 3. The highest BCUT2D eigenvalue weighted by Gasteiger charge is 2.49. The third-order valence-corrected chi connectivity index (χ3v) is 9.20. The second-order valence-corrected chi connectivity index (χ2v) is 11.7. The van der Waals surface area contributed by atoms with Crippen LogP contribution < -0.4 is 4.90 Å². The first-order chi connectivity index (χ1) is 18.2. The number of hydrazine groups is 1. The van der Waals surface area contributed by atoms with Crippen molar-refractivity contribution in [3.05, 3.63) is 29.3 Å². The number of anilines is 1. The lowest BCUT2D eigenvalue weighted by Gasteiger charge is -2.48. The molecular formula is C28H35F3N4O3. The fourth-order valence-corrected chi connectivity index (χ4v) is 6.72. The summed E-state index contributed by atoms with van der Waals surface area (Å²) in [6, 6.07) is 6.14. The van der Waals surface area contributed by atoms with Gasteiger partial charge in [0.05, 0.1) is 12.5 Å². The Morgan fingerprint density at radius 3 is 2.24 bits per heavy atom. The molecule has 6 rings (SSSR count). The van der Waals surface area contributed by atoms with E-state index in [2.05, 4.69) is 4.90 Å². The van der Waals surface area contributed by atoms with Gasteiger partial charge in [-0.15, -0.1) is 0 Å². The maximum atomic E-state index is 13.3. The molecule has 0 aromatic heterocycles. The van der Waals surface area contributed by atoms with Crippen LogP contribution in [0.15, 0.2) is 18.2 Å². The molecule has 38 heavy (non-hydrogen) atoms. The van der Waals surface area contributed by atoms with E-state index in [1.165, 1.54) is 17.9 Å². The average Bonchev–Trinajstić information content (AvgIpc) is 3.61. The van der Waals surface area contributed by atoms with E-state index >= 15 is 0 Å². The molecule has 3 aliphatic heterocycles. The van der Waals surface area contributed by atoms with Crippen LogP contribution in [-0.4, -0.2) is 70.5 Å². The number of likely N-dealkylation sites (tertiary alicyclic amines) is 1. The summed E-state index contributed by atoms with van der Waals surface area (Å²) in [5.41, 5.74) is 2.38. The number of nitrogens with zero attached hydrogens (tertiary/aromatic N) is 4. The molecule has 206 valence electrons. The van der Waals surface area contributed by atoms with E-state index in [4.69, 9.17) is 0 Å². The Hall–Kier alpha value is -2.62. The third kappa shape index (κ3) is 4.80. The molecule has 3 heterocycles. The van der Waals surface area contributed by atoms with Crippen molar-refractivity contribution in [2.75, 3.05) is 24.5 Å². The van der Waals surface area contributed by atoms with Crippen LogP contribution in [-0.2, 0) is 16.1 Å². The minimum absolute atomic E-state index is 0.113. The minimum atomic E-state index is -4.10. The number of fused-ring (bicyclic) bond motifs is 1. The molecule has 2 aliphatic carbocycles. The van der Waals surface area contributed by atoms with E-state index in [0.717, 1.165) is 60.8 Å². The predicted octanol–water partition coefficient (Wildman–Crippen LogP) is 4.51. The zero-order valence-electron chi connectivity index (χ0n) is 21.6. The van der Waals surface area contributed by atoms with E-state index in [1.807, 2.05) is 17.0 Å². The summed E-state index contributed by atoms with van der Waals surface area (Å²) in [7, 11) is 0. The van der Waals surface area contributed by atoms with Gasteiger partial charge >= 0.3 is 6.18 Å². The highest BCUT2D eigenvalue weighted by Crippen LogP contribution is 2.41. The monoisotopic (exact) mass is 532 g/mol. The quantitative estimate of drug-likeness (QED) is 0.484. The first-order valence-electron chi connectivity index (χ1n) is 14.1. The molecule has 0 bridgehead atoms. The maximum Gasteiger partial charge on any atom is 0.394 e. The van der Waals surface area contributed by atoms with Gasteiger partial charge in [-0.25, -0.2) is 5.01 Å². The standard InChI is InChI=1S/C28H35F3N4O3/c29-28(30,31)19-15-32(16-19)20-9-11-21(12-10-20)33(14-13-18-7-8-18)24-4-1-3-22-23(24)17-34(27(22)38)35-25(36)5-2-6-26(35)37/h1,3-4,18-21H,2,5-17H2. The second kappa shape index (κ2) is 9.84. The molecule has 2 saturated heterocycles. The first kappa shape index (κ1) is 25.6. The van der Waals surface area contributed by atoms with Gasteiger partial charge in [0.2, 0.25) is 11.8 Å². The van der Waals surface area contributed by atoms with Crippen LogP contribution in [0.25, 0.3) is 0 Å². The lowest BCUT2D eigenvalue weighted by Crippen LogP contribution is -2.58. The van der Waals surface area contributed by atoms with E-state index in [0.29, 0.717) is 12.0 Å². The molecule has 1 aromatic carbocycles. The molecule has 3 amide bonds. The van der Waals surface area contributed by atoms with Gasteiger partial charge in [0.25, 0.3) is 5.91 Å². The number of carbonyl (C=O) groups is 3. The molecular weight excluding hydrogens is 497 g/mol. The number of alkyl halides is 3. The van der Waals surface area contributed by atoms with Gasteiger partial charge in [-0.3, -0.25) is 19.3 Å². The lowest BCUT2D eigenvalue weighted by atomic mass is 9.85. The average molecular weight is 533 g/mol. The summed E-state index contributed by atoms with van der Waals surface area (Å²) in [6.45, 7) is 1.29. The number of benzene rings is 1. The Balaban J connectivity index is 1.19. The van der Waals surface area contributed by atoms with Crippen molar-refractivity contribution in [1.82, 2.24) is 14.9 Å². The molecule has 10 heteroatoms. The zero-order valence-corrected chi connectivity index (χ0v) is 21.6. The number of amides is 3. The molecule has 0 radical (unpaired) electrons. The summed E-state index contributed by atoms with van der Waals surface area (Å²) in [5, 5.41) is 2.37. The van der Waals surface area contributed by atoms with Crippen molar-refractivity contribution in [3.8, 4) is 0 Å². The van der Waals surface area contributed by atoms with Crippen LogP contribution >= 0.6 is 0 Å². The van der Waals surface area contributed by atoms with E-state index in [9.17, 15) is 27.6 Å². The molecule has 5 aliphatic rings. The van der Waals surface area contributed by atoms with Gasteiger partial charge in [0.1, 0.15) is 0 Å². The normalized spacial score (nSPS) is 27.1. The van der Waals surface area contributed by atoms with Gasteiger partial charge in [-0.2, -0.15) is 18.2 Å². The molecule has 0 atom stereocenters. The molecule has 7 nitrogen and oxygen atoms in total. The van der Waals surface area contributed by atoms with Crippen molar-refractivity contribution >= 4 is 23.4 Å². The highest BCUT2D eigenvalue weighted by molar-refractivity contribution is 6.05. The number of imide groups is 1. The summed E-state index contributed by atoms with van der Waals surface area (Å²) < 4.78 is 38.9. The Bertz CT molecular complexity index is 1090. The SMILES string of the molecule is O=C1c2cccc(N(CCC3CC3)C3CCC(N4CC(C(F)(F)F)C4)CC3)c2CN1N1C(=O)CCCC1=O. The van der Waals surface area contributed by atoms with Crippen LogP contribution in [0.5, 0.6) is 0 Å². The van der Waals surface area contributed by atoms with Crippen molar-refractivity contribution in [3.63, 3.8) is 0 Å². The Kier molecular flexibility index (Phi) is 6.64. The minimum Gasteiger partial charge on any atom is -0.368 e. The Morgan fingerprint density at radius 1 is 0.921 bits per heavy atom. The van der Waals surface area contributed by atoms with Gasteiger partial charge in [-0.1, -0.05) is 18.9 Å². The third-order valence-electron chi connectivity index (χ3n) is 9.20. The molecule has 1 aromatic rings. The van der Waals surface area contributed by atoms with Crippen LogP contribution in [0.4, 0.5) is 18.9 Å². The predicted molar refractivity (Wildman–Crippen MR) is 134 cm³/mol. The molecule has 4 fully saturated rings. The topological polar surface area (TPSA) is 64.2 Å². The van der Waals surface area contributed by atoms with Gasteiger partial charge in [0.15, 0.2) is 0 Å². The zero-order chi connectivity index (χ0) is 26.6. The molecule has 2 saturated carbocycles. The fourth-order valence-electron chi connectivity index (χ4n) is 6.72. The summed E-state index contributed by atoms with van der Waals surface area (Å²) in [5.74, 6) is -1.43. The number of piperidine rings is 1.